The van der Waals surface area contributed by atoms with Crippen LogP contribution in [-0.4, -0.2) is 38.2 Å². The Kier molecular flexibility index (Phi) is 6.26. The van der Waals surface area contributed by atoms with Gasteiger partial charge in [-0.3, -0.25) is 9.59 Å². The first-order chi connectivity index (χ1) is 14.3. The lowest BCUT2D eigenvalue weighted by Gasteiger charge is -2.16. The van der Waals surface area contributed by atoms with Crippen molar-refractivity contribution in [3.63, 3.8) is 0 Å². The smallest absolute Gasteiger partial charge is 0.268 e. The van der Waals surface area contributed by atoms with Crippen LogP contribution in [0.2, 0.25) is 0 Å². The van der Waals surface area contributed by atoms with E-state index >= 15 is 0 Å². The van der Waals surface area contributed by atoms with Gasteiger partial charge in [-0.15, -0.1) is 0 Å². The lowest BCUT2D eigenvalue weighted by Crippen LogP contribution is -2.41. The molecular formula is C22H24N2O5S. The second-order valence-corrected chi connectivity index (χ2v) is 8.77. The van der Waals surface area contributed by atoms with Gasteiger partial charge < -0.3 is 10.1 Å². The maximum atomic E-state index is 13.1. The quantitative estimate of drug-likeness (QED) is 0.732. The molecule has 3 rings (SSSR count). The Morgan fingerprint density at radius 1 is 1.07 bits per heavy atom. The van der Waals surface area contributed by atoms with Crippen LogP contribution in [0.1, 0.15) is 30.0 Å². The third kappa shape index (κ3) is 4.23. The lowest BCUT2D eigenvalue weighted by molar-refractivity contribution is -0.128. The van der Waals surface area contributed by atoms with Crippen molar-refractivity contribution in [1.29, 1.82) is 0 Å². The summed E-state index contributed by atoms with van der Waals surface area (Å²) in [6.07, 6.45) is 0.237. The standard InChI is InChI=1S/C22H24N2O5S/c1-4-19-21(17-9-11-18(29-3)12-10-17)30(27,28)24(22(19)26)14-20(25)23-13-16-7-5-15(2)6-8-16/h5-12H,4,13-14H2,1-3H3,(H,23,25). The van der Waals surface area contributed by atoms with Gasteiger partial charge in [-0.2, -0.15) is 0 Å². The number of nitrogens with zero attached hydrogens (tertiary/aromatic N) is 1. The molecule has 0 radical (unpaired) electrons. The van der Waals surface area contributed by atoms with E-state index in [1.807, 2.05) is 31.2 Å². The van der Waals surface area contributed by atoms with Gasteiger partial charge in [-0.1, -0.05) is 36.8 Å². The zero-order valence-corrected chi connectivity index (χ0v) is 18.0. The van der Waals surface area contributed by atoms with Crippen LogP contribution in [0.5, 0.6) is 5.75 Å². The number of ether oxygens (including phenoxy) is 1. The summed E-state index contributed by atoms with van der Waals surface area (Å²) in [5.74, 6) is -0.626. The van der Waals surface area contributed by atoms with Crippen LogP contribution in [0.15, 0.2) is 54.1 Å². The molecule has 1 N–H and O–H groups in total. The molecule has 0 atom stereocenters. The van der Waals surface area contributed by atoms with E-state index in [1.54, 1.807) is 31.2 Å². The molecule has 0 saturated heterocycles. The minimum Gasteiger partial charge on any atom is -0.497 e. The van der Waals surface area contributed by atoms with Crippen molar-refractivity contribution in [3.05, 3.63) is 70.8 Å². The Morgan fingerprint density at radius 3 is 2.27 bits per heavy atom. The average Bonchev–Trinajstić information content (AvgIpc) is 2.93. The van der Waals surface area contributed by atoms with Crippen molar-refractivity contribution in [2.24, 2.45) is 0 Å². The number of nitrogens with one attached hydrogen (secondary N) is 1. The first-order valence-corrected chi connectivity index (χ1v) is 11.0. The van der Waals surface area contributed by atoms with Gasteiger partial charge in [0, 0.05) is 12.1 Å². The van der Waals surface area contributed by atoms with Crippen LogP contribution in [-0.2, 0) is 26.2 Å². The van der Waals surface area contributed by atoms with Crippen molar-refractivity contribution in [1.82, 2.24) is 9.62 Å². The summed E-state index contributed by atoms with van der Waals surface area (Å²) in [7, 11) is -2.62. The van der Waals surface area contributed by atoms with Gasteiger partial charge in [0.25, 0.3) is 15.9 Å². The molecular weight excluding hydrogens is 404 g/mol. The number of sulfonamides is 1. The van der Waals surface area contributed by atoms with Gasteiger partial charge in [0.15, 0.2) is 0 Å². The van der Waals surface area contributed by atoms with Crippen molar-refractivity contribution < 1.29 is 22.7 Å². The van der Waals surface area contributed by atoms with Crippen LogP contribution in [0.4, 0.5) is 0 Å². The maximum absolute atomic E-state index is 13.1. The largest absolute Gasteiger partial charge is 0.497 e. The van der Waals surface area contributed by atoms with Crippen molar-refractivity contribution >= 4 is 26.7 Å². The second-order valence-electron chi connectivity index (χ2n) is 6.97. The Morgan fingerprint density at radius 2 is 1.70 bits per heavy atom. The number of aryl methyl sites for hydroxylation is 1. The molecule has 0 aliphatic carbocycles. The highest BCUT2D eigenvalue weighted by molar-refractivity contribution is 7.99. The summed E-state index contributed by atoms with van der Waals surface area (Å²) in [6, 6.07) is 14.1. The van der Waals surface area contributed by atoms with Gasteiger partial charge in [-0.05, 0) is 48.7 Å². The highest BCUT2D eigenvalue weighted by atomic mass is 32.2. The fraction of sp³-hybridized carbons (Fsp3) is 0.273. The zero-order valence-electron chi connectivity index (χ0n) is 17.1. The molecule has 0 saturated carbocycles. The molecule has 2 aromatic carbocycles. The molecule has 0 spiro atoms. The van der Waals surface area contributed by atoms with E-state index in [1.165, 1.54) is 7.11 Å². The molecule has 30 heavy (non-hydrogen) atoms. The first kappa shape index (κ1) is 21.6. The van der Waals surface area contributed by atoms with Crippen molar-refractivity contribution in [2.75, 3.05) is 13.7 Å². The number of amides is 2. The molecule has 2 amide bonds. The molecule has 1 heterocycles. The zero-order chi connectivity index (χ0) is 21.9. The van der Waals surface area contributed by atoms with Crippen LogP contribution in [0.3, 0.4) is 0 Å². The number of carbonyl (C=O) groups excluding carboxylic acids is 2. The summed E-state index contributed by atoms with van der Waals surface area (Å²) >= 11 is 0. The fourth-order valence-corrected chi connectivity index (χ4v) is 5.06. The molecule has 7 nitrogen and oxygen atoms in total. The van der Waals surface area contributed by atoms with Crippen molar-refractivity contribution in [2.45, 2.75) is 26.8 Å². The molecule has 0 aromatic heterocycles. The van der Waals surface area contributed by atoms with E-state index in [-0.39, 0.29) is 23.4 Å². The third-order valence-electron chi connectivity index (χ3n) is 4.91. The molecule has 158 valence electrons. The van der Waals surface area contributed by atoms with E-state index in [4.69, 9.17) is 4.74 Å². The molecule has 0 unspecified atom stereocenters. The van der Waals surface area contributed by atoms with Gasteiger partial charge >= 0.3 is 0 Å². The van der Waals surface area contributed by atoms with E-state index < -0.39 is 28.4 Å². The lowest BCUT2D eigenvalue weighted by atomic mass is 10.1. The van der Waals surface area contributed by atoms with Crippen LogP contribution >= 0.6 is 0 Å². The first-order valence-electron chi connectivity index (χ1n) is 9.54. The highest BCUT2D eigenvalue weighted by Gasteiger charge is 2.44. The highest BCUT2D eigenvalue weighted by Crippen LogP contribution is 2.37. The van der Waals surface area contributed by atoms with Gasteiger partial charge in [0.1, 0.15) is 17.2 Å². The van der Waals surface area contributed by atoms with E-state index in [0.717, 1.165) is 11.1 Å². The Bertz CT molecular complexity index is 1090. The van der Waals surface area contributed by atoms with Gasteiger partial charge in [-0.25, -0.2) is 12.7 Å². The minimum absolute atomic E-state index is 0.0519. The van der Waals surface area contributed by atoms with Gasteiger partial charge in [0.2, 0.25) is 5.91 Å². The van der Waals surface area contributed by atoms with Crippen LogP contribution in [0.25, 0.3) is 4.91 Å². The van der Waals surface area contributed by atoms with E-state index in [9.17, 15) is 18.0 Å². The van der Waals surface area contributed by atoms with E-state index in [2.05, 4.69) is 5.32 Å². The summed E-state index contributed by atoms with van der Waals surface area (Å²) < 4.78 is 32.0. The monoisotopic (exact) mass is 428 g/mol. The normalized spacial score (nSPS) is 15.4. The number of methoxy groups -OCH3 is 1. The Balaban J connectivity index is 1.78. The SMILES string of the molecule is CCC1=C(c2ccc(OC)cc2)S(=O)(=O)N(CC(=O)NCc2ccc(C)cc2)C1=O. The topological polar surface area (TPSA) is 92.8 Å². The Labute approximate surface area is 176 Å². The molecule has 1 aliphatic rings. The van der Waals surface area contributed by atoms with Crippen molar-refractivity contribution in [3.8, 4) is 5.75 Å². The predicted molar refractivity (Wildman–Crippen MR) is 114 cm³/mol. The molecule has 2 aromatic rings. The average molecular weight is 429 g/mol. The minimum atomic E-state index is -4.13. The molecule has 0 fully saturated rings. The summed E-state index contributed by atoms with van der Waals surface area (Å²) in [6.45, 7) is 3.37. The van der Waals surface area contributed by atoms with Crippen LogP contribution < -0.4 is 10.1 Å². The number of hydrogen-bond donors (Lipinski definition) is 1. The van der Waals surface area contributed by atoms with E-state index in [0.29, 0.717) is 15.6 Å². The summed E-state index contributed by atoms with van der Waals surface area (Å²) in [5, 5.41) is 2.67. The molecule has 8 heteroatoms. The fourth-order valence-electron chi connectivity index (χ4n) is 3.25. The number of benzene rings is 2. The maximum Gasteiger partial charge on any atom is 0.268 e. The number of rotatable bonds is 7. The third-order valence-corrected chi connectivity index (χ3v) is 6.78. The second kappa shape index (κ2) is 8.71. The van der Waals surface area contributed by atoms with Gasteiger partial charge in [0.05, 0.1) is 7.11 Å². The predicted octanol–water partition coefficient (Wildman–Crippen LogP) is 2.61. The Hall–Kier alpha value is -3.13. The number of carbonyl (C=O) groups is 2. The van der Waals surface area contributed by atoms with Crippen LogP contribution in [0, 0.1) is 6.92 Å². The number of hydrogen-bond acceptors (Lipinski definition) is 5. The summed E-state index contributed by atoms with van der Waals surface area (Å²) in [5.41, 5.74) is 2.55. The molecule has 1 aliphatic heterocycles. The summed E-state index contributed by atoms with van der Waals surface area (Å²) in [4.78, 5) is 25.1. The molecule has 0 bridgehead atoms.